The molecule has 0 amide bonds. The van der Waals surface area contributed by atoms with Crippen molar-refractivity contribution < 1.29 is 14.6 Å². The van der Waals surface area contributed by atoms with Crippen LogP contribution in [0, 0.1) is 0 Å². The number of methoxy groups -OCH3 is 2. The Bertz CT molecular complexity index is 792. The maximum absolute atomic E-state index is 10.6. The fourth-order valence-electron chi connectivity index (χ4n) is 3.87. The van der Waals surface area contributed by atoms with Crippen LogP contribution in [0.1, 0.15) is 32.1 Å². The number of hydrogen-bond donors (Lipinski definition) is 1. The van der Waals surface area contributed by atoms with Crippen molar-refractivity contribution >= 4 is 22.7 Å². The zero-order valence-corrected chi connectivity index (χ0v) is 15.4. The van der Waals surface area contributed by atoms with Gasteiger partial charge in [0, 0.05) is 31.1 Å². The van der Waals surface area contributed by atoms with E-state index in [1.54, 1.807) is 14.2 Å². The average molecular weight is 358 g/mol. The van der Waals surface area contributed by atoms with Crippen LogP contribution in [0.3, 0.4) is 0 Å². The Morgan fingerprint density at radius 2 is 1.65 bits per heavy atom. The van der Waals surface area contributed by atoms with Crippen LogP contribution < -0.4 is 19.3 Å². The third-order valence-corrected chi connectivity index (χ3v) is 5.30. The van der Waals surface area contributed by atoms with Gasteiger partial charge in [0.15, 0.2) is 11.5 Å². The molecule has 2 aliphatic rings. The van der Waals surface area contributed by atoms with Crippen LogP contribution in [0.2, 0.25) is 0 Å². The Hall–Kier alpha value is -2.28. The maximum Gasteiger partial charge on any atom is 0.227 e. The van der Waals surface area contributed by atoms with E-state index >= 15 is 0 Å². The number of benzene rings is 1. The third-order valence-electron chi connectivity index (χ3n) is 5.30. The highest BCUT2D eigenvalue weighted by atomic mass is 16.5. The average Bonchev–Trinajstić information content (AvgIpc) is 3.21. The third kappa shape index (κ3) is 3.00. The summed E-state index contributed by atoms with van der Waals surface area (Å²) in [4.78, 5) is 13.9. The summed E-state index contributed by atoms with van der Waals surface area (Å²) in [5.41, 5.74) is 0.812. The molecule has 7 nitrogen and oxygen atoms in total. The molecule has 0 radical (unpaired) electrons. The highest BCUT2D eigenvalue weighted by molar-refractivity contribution is 5.93. The van der Waals surface area contributed by atoms with Crippen LogP contribution in [0.15, 0.2) is 12.1 Å². The summed E-state index contributed by atoms with van der Waals surface area (Å²) in [6.45, 7) is 2.74. The van der Waals surface area contributed by atoms with E-state index in [4.69, 9.17) is 19.4 Å². The first-order chi connectivity index (χ1) is 12.7. The van der Waals surface area contributed by atoms with Crippen LogP contribution in [0.25, 0.3) is 10.9 Å². The molecule has 2 fully saturated rings. The first kappa shape index (κ1) is 17.1. The van der Waals surface area contributed by atoms with Gasteiger partial charge in [-0.1, -0.05) is 0 Å². The number of aliphatic hydroxyl groups excluding tert-OH is 1. The van der Waals surface area contributed by atoms with Gasteiger partial charge in [-0.15, -0.1) is 0 Å². The van der Waals surface area contributed by atoms with Crippen molar-refractivity contribution in [2.24, 2.45) is 0 Å². The quantitative estimate of drug-likeness (QED) is 0.900. The van der Waals surface area contributed by atoms with Gasteiger partial charge in [-0.25, -0.2) is 4.98 Å². The van der Waals surface area contributed by atoms with Crippen molar-refractivity contribution in [3.63, 3.8) is 0 Å². The van der Waals surface area contributed by atoms with Gasteiger partial charge < -0.3 is 24.4 Å². The highest BCUT2D eigenvalue weighted by Crippen LogP contribution is 2.37. The lowest BCUT2D eigenvalue weighted by Crippen LogP contribution is -2.40. The van der Waals surface area contributed by atoms with Crippen LogP contribution in [0.4, 0.5) is 11.8 Å². The second-order valence-electron chi connectivity index (χ2n) is 6.94. The Morgan fingerprint density at radius 1 is 0.962 bits per heavy atom. The van der Waals surface area contributed by atoms with Gasteiger partial charge >= 0.3 is 0 Å². The van der Waals surface area contributed by atoms with Gasteiger partial charge in [0.05, 0.1) is 19.7 Å². The van der Waals surface area contributed by atoms with Crippen LogP contribution in [-0.2, 0) is 0 Å². The summed E-state index contributed by atoms with van der Waals surface area (Å²) in [6, 6.07) is 3.81. The lowest BCUT2D eigenvalue weighted by atomic mass is 10.1. The van der Waals surface area contributed by atoms with Gasteiger partial charge in [-0.3, -0.25) is 0 Å². The molecule has 0 aliphatic carbocycles. The molecule has 1 aromatic carbocycles. The van der Waals surface area contributed by atoms with Gasteiger partial charge in [0.2, 0.25) is 5.95 Å². The van der Waals surface area contributed by atoms with E-state index in [2.05, 4.69) is 4.90 Å². The standard InChI is InChI=1S/C19H26N4O3/c1-25-15-11-13-14(12-16(15)26-2)20-19(22-8-5-6-9-22)21-18(13)23-10-4-3-7-17(23)24/h11-12,17,24H,3-10H2,1-2H3. The molecule has 0 saturated carbocycles. The van der Waals surface area contributed by atoms with Crippen molar-refractivity contribution in [3.05, 3.63) is 12.1 Å². The first-order valence-corrected chi connectivity index (χ1v) is 9.34. The van der Waals surface area contributed by atoms with Gasteiger partial charge in [-0.2, -0.15) is 4.98 Å². The zero-order valence-electron chi connectivity index (χ0n) is 15.4. The molecule has 1 aromatic heterocycles. The summed E-state index contributed by atoms with van der Waals surface area (Å²) in [6.07, 6.45) is 4.66. The second kappa shape index (κ2) is 7.15. The lowest BCUT2D eigenvalue weighted by molar-refractivity contribution is 0.139. The molecule has 2 aliphatic heterocycles. The molecule has 140 valence electrons. The zero-order chi connectivity index (χ0) is 18.1. The Balaban J connectivity index is 1.90. The molecule has 4 rings (SSSR count). The largest absolute Gasteiger partial charge is 0.493 e. The molecular formula is C19H26N4O3. The molecule has 26 heavy (non-hydrogen) atoms. The number of rotatable bonds is 4. The van der Waals surface area contributed by atoms with Gasteiger partial charge in [-0.05, 0) is 38.2 Å². The number of hydrogen-bond acceptors (Lipinski definition) is 7. The number of anilines is 2. The molecule has 2 saturated heterocycles. The molecular weight excluding hydrogens is 332 g/mol. The summed E-state index contributed by atoms with van der Waals surface area (Å²) < 4.78 is 10.9. The minimum atomic E-state index is -0.513. The van der Waals surface area contributed by atoms with E-state index < -0.39 is 6.23 Å². The van der Waals surface area contributed by atoms with Crippen molar-refractivity contribution in [3.8, 4) is 11.5 Å². The number of ether oxygens (including phenoxy) is 2. The van der Waals surface area contributed by atoms with E-state index in [1.165, 1.54) is 0 Å². The molecule has 0 bridgehead atoms. The van der Waals surface area contributed by atoms with E-state index in [0.29, 0.717) is 11.5 Å². The molecule has 1 unspecified atom stereocenters. The lowest BCUT2D eigenvalue weighted by Gasteiger charge is -2.34. The van der Waals surface area contributed by atoms with Gasteiger partial charge in [0.25, 0.3) is 0 Å². The van der Waals surface area contributed by atoms with E-state index in [1.807, 2.05) is 17.0 Å². The SMILES string of the molecule is COc1cc2nc(N3CCCC3)nc(N3CCCCC3O)c2cc1OC. The summed E-state index contributed by atoms with van der Waals surface area (Å²) in [5.74, 6) is 2.81. The fourth-order valence-corrected chi connectivity index (χ4v) is 3.87. The molecule has 1 atom stereocenters. The van der Waals surface area contributed by atoms with Crippen LogP contribution >= 0.6 is 0 Å². The number of aliphatic hydroxyl groups is 1. The molecule has 7 heteroatoms. The Morgan fingerprint density at radius 3 is 2.35 bits per heavy atom. The normalized spacial score (nSPS) is 20.7. The second-order valence-corrected chi connectivity index (χ2v) is 6.94. The minimum absolute atomic E-state index is 0.513. The molecule has 0 spiro atoms. The maximum atomic E-state index is 10.6. The van der Waals surface area contributed by atoms with E-state index in [-0.39, 0.29) is 0 Å². The highest BCUT2D eigenvalue weighted by Gasteiger charge is 2.26. The Labute approximate surface area is 153 Å². The Kier molecular flexibility index (Phi) is 4.72. The number of fused-ring (bicyclic) bond motifs is 1. The first-order valence-electron chi connectivity index (χ1n) is 9.34. The van der Waals surface area contributed by atoms with E-state index in [0.717, 1.165) is 74.4 Å². The molecule has 1 N–H and O–H groups in total. The topological polar surface area (TPSA) is 71.0 Å². The van der Waals surface area contributed by atoms with Gasteiger partial charge in [0.1, 0.15) is 12.0 Å². The van der Waals surface area contributed by atoms with Crippen LogP contribution in [0.5, 0.6) is 11.5 Å². The summed E-state index contributed by atoms with van der Waals surface area (Å²) in [5, 5.41) is 11.4. The molecule has 3 heterocycles. The van der Waals surface area contributed by atoms with E-state index in [9.17, 15) is 5.11 Å². The smallest absolute Gasteiger partial charge is 0.227 e. The monoisotopic (exact) mass is 358 g/mol. The number of aromatic nitrogens is 2. The fraction of sp³-hybridized carbons (Fsp3) is 0.579. The van der Waals surface area contributed by atoms with Crippen molar-refractivity contribution in [2.45, 2.75) is 38.3 Å². The summed E-state index contributed by atoms with van der Waals surface area (Å²) in [7, 11) is 3.25. The van der Waals surface area contributed by atoms with Crippen molar-refractivity contribution in [2.75, 3.05) is 43.7 Å². The summed E-state index contributed by atoms with van der Waals surface area (Å²) >= 11 is 0. The number of piperidine rings is 1. The predicted octanol–water partition coefficient (Wildman–Crippen LogP) is 2.56. The van der Waals surface area contributed by atoms with Crippen molar-refractivity contribution in [1.29, 1.82) is 0 Å². The number of nitrogens with zero attached hydrogens (tertiary/aromatic N) is 4. The predicted molar refractivity (Wildman–Crippen MR) is 101 cm³/mol. The van der Waals surface area contributed by atoms with Crippen molar-refractivity contribution in [1.82, 2.24) is 9.97 Å². The minimum Gasteiger partial charge on any atom is -0.493 e. The van der Waals surface area contributed by atoms with Crippen LogP contribution in [-0.4, -0.2) is 55.2 Å². The molecule has 2 aromatic rings.